The average molecular weight is 1160 g/mol. The average Bonchev–Trinajstić information content (AvgIpc) is 1.69. The predicted molar refractivity (Wildman–Crippen MR) is 279 cm³/mol. The van der Waals surface area contributed by atoms with Crippen molar-refractivity contribution in [3.63, 3.8) is 0 Å². The Bertz CT molecular complexity index is 2500. The summed E-state index contributed by atoms with van der Waals surface area (Å²) in [7, 11) is 0. The van der Waals surface area contributed by atoms with Crippen LogP contribution in [-0.2, 0) is 80.6 Å². The molecule has 0 saturated carbocycles. The van der Waals surface area contributed by atoms with Gasteiger partial charge in [0.2, 0.25) is 11.6 Å². The van der Waals surface area contributed by atoms with Crippen LogP contribution in [0.1, 0.15) is 137 Å². The van der Waals surface area contributed by atoms with Gasteiger partial charge in [-0.05, 0) is 73.8 Å². The van der Waals surface area contributed by atoms with E-state index < -0.39 is 108 Å². The molecule has 82 heavy (non-hydrogen) atoms. The first-order valence-corrected chi connectivity index (χ1v) is 31.6. The van der Waals surface area contributed by atoms with Gasteiger partial charge >= 0.3 is 5.97 Å². The number of rotatable bonds is 2. The maximum absolute atomic E-state index is 14.6. The van der Waals surface area contributed by atoms with Gasteiger partial charge in [0.15, 0.2) is 17.7 Å². The number of carbonyl (C=O) groups is 1. The van der Waals surface area contributed by atoms with Crippen molar-refractivity contribution in [2.75, 3.05) is 6.61 Å². The molecule has 3 spiro atoms. The fourth-order valence-electron chi connectivity index (χ4n) is 18.9. The van der Waals surface area contributed by atoms with Crippen molar-refractivity contribution in [1.82, 2.24) is 0 Å². The molecule has 4 N–H and O–H groups in total. The lowest BCUT2D eigenvalue weighted by molar-refractivity contribution is -0.369. The summed E-state index contributed by atoms with van der Waals surface area (Å²) in [6.07, 6.45) is -3.21. The molecule has 12 bridgehead atoms. The zero-order valence-corrected chi connectivity index (χ0v) is 47.7. The van der Waals surface area contributed by atoms with Crippen LogP contribution in [0.5, 0.6) is 0 Å². The lowest BCUT2D eigenvalue weighted by atomic mass is 9.78. The van der Waals surface area contributed by atoms with E-state index in [1.54, 1.807) is 0 Å². The molecule has 21 heteroatoms. The molecule has 0 amide bonds. The summed E-state index contributed by atoms with van der Waals surface area (Å²) >= 11 is 0. The Kier molecular flexibility index (Phi) is 13.6. The number of ether oxygens (including phenoxy) is 16. The second kappa shape index (κ2) is 20.1. The zero-order valence-electron chi connectivity index (χ0n) is 47.7. The Balaban J connectivity index is 0.633. The van der Waals surface area contributed by atoms with Crippen LogP contribution in [0.4, 0.5) is 0 Å². The van der Waals surface area contributed by atoms with Crippen LogP contribution in [0, 0.1) is 23.7 Å². The summed E-state index contributed by atoms with van der Waals surface area (Å²) in [5, 5.41) is 43.8. The molecular weight excluding hydrogens is 1070 g/mol. The lowest BCUT2D eigenvalue weighted by Gasteiger charge is -2.54. The van der Waals surface area contributed by atoms with Gasteiger partial charge in [-0.1, -0.05) is 40.9 Å². The van der Waals surface area contributed by atoms with Crippen LogP contribution >= 0.6 is 0 Å². The highest BCUT2D eigenvalue weighted by Crippen LogP contribution is 2.60. The third kappa shape index (κ3) is 8.87. The molecule has 17 aliphatic heterocycles. The molecule has 34 atom stereocenters. The minimum Gasteiger partial charge on any atom is -0.459 e. The highest BCUT2D eigenvalue weighted by molar-refractivity contribution is 5.70. The summed E-state index contributed by atoms with van der Waals surface area (Å²) in [6, 6.07) is 0. The quantitative estimate of drug-likeness (QED) is 0.228. The third-order valence-electron chi connectivity index (χ3n) is 22.9. The van der Waals surface area contributed by atoms with E-state index in [9.17, 15) is 25.2 Å². The molecule has 21 nitrogen and oxygen atoms in total. The Hall–Kier alpha value is -1.81. The van der Waals surface area contributed by atoms with Crippen LogP contribution in [-0.4, -0.2) is 215 Å². The van der Waals surface area contributed by atoms with Crippen molar-refractivity contribution in [3.05, 3.63) is 24.3 Å². The fourth-order valence-corrected chi connectivity index (χ4v) is 18.9. The monoisotopic (exact) mass is 1150 g/mol. The van der Waals surface area contributed by atoms with Gasteiger partial charge in [-0.25, -0.2) is 0 Å². The highest BCUT2D eigenvalue weighted by Gasteiger charge is 2.79. The van der Waals surface area contributed by atoms with Gasteiger partial charge < -0.3 is 96.2 Å². The van der Waals surface area contributed by atoms with E-state index in [1.165, 1.54) is 0 Å². The second-order valence-electron chi connectivity index (χ2n) is 28.4. The maximum atomic E-state index is 14.6. The van der Waals surface area contributed by atoms with Crippen LogP contribution in [0.25, 0.3) is 0 Å². The van der Waals surface area contributed by atoms with Gasteiger partial charge in [0.05, 0.1) is 123 Å². The predicted octanol–water partition coefficient (Wildman–Crippen LogP) is 3.62. The SMILES string of the molecule is C=C1CC2CC[C@]34OC5C6O[C@](O)(C3O)[C@@H](O4)C6OC3CCC(CC(=O)OC4[C@H](CC6O[C@@H](CCC1O2)C[C@@H](C)C6=C)O[C@H]1C[C@H]2O[C@]6(CC7O[C@]8(C[C@H](C)C9OC%10CC(C(O)CO)OC%10CC9O8)C[C@H](C)C7O6)C[C@H]2O[C@H]1[C@@H]4C)O[C@@H]35. The molecule has 17 fully saturated rings. The van der Waals surface area contributed by atoms with Crippen LogP contribution < -0.4 is 0 Å². The zero-order chi connectivity index (χ0) is 56.1. The smallest absolute Gasteiger partial charge is 0.308 e. The number of hydrogen-bond donors (Lipinski definition) is 4. The van der Waals surface area contributed by atoms with Crippen molar-refractivity contribution in [1.29, 1.82) is 0 Å². The van der Waals surface area contributed by atoms with E-state index in [1.807, 2.05) is 0 Å². The van der Waals surface area contributed by atoms with Crippen molar-refractivity contribution >= 4 is 5.97 Å². The first-order valence-electron chi connectivity index (χ1n) is 31.6. The minimum atomic E-state index is -2.03. The molecule has 456 valence electrons. The molecule has 0 aromatic carbocycles. The largest absolute Gasteiger partial charge is 0.459 e. The normalized spacial score (nSPS) is 59.6. The first-order chi connectivity index (χ1) is 39.3. The fraction of sp³-hybridized carbons (Fsp3) is 0.918. The second-order valence-corrected chi connectivity index (χ2v) is 28.4. The standard InChI is InChI=1S/C61H86O21/c1-25-13-31-7-9-35-26(2)14-33(67-35)11-12-60-57(65)61(66)56(82-60)55-54(81-61)53(80-60)52-36(72-55)10-8-32(69-52)15-47(64)75-51-30(6)50-43(71-42(51)16-37(68-31)29(25)5)19-41-45(74-50)22-59(76-41)23-46-49(79-59)28(4)21-58(78-46)20-27(3)48-44(77-58)18-39-40(73-48)17-38(70-39)34(63)24-62/h25,27-28,30-46,48-57,62-63,65-66H,2,5,7-24H2,1,3-4,6H3/t25-,27+,28+,30+,31+,32?,33?,34?,35?,36?,37?,38?,39?,40?,41-,42+,43+,44?,45-,46?,48?,49?,50+,51?,52+,53?,54?,55?,56+,57?,58-,59-,60-,61+/m1/s1. The highest BCUT2D eigenvalue weighted by atomic mass is 16.8. The topological polar surface area (TPSA) is 246 Å². The minimum absolute atomic E-state index is 0.0316. The van der Waals surface area contributed by atoms with Crippen LogP contribution in [0.15, 0.2) is 24.3 Å². The van der Waals surface area contributed by atoms with Crippen molar-refractivity contribution < 1.29 is 101 Å². The number of aliphatic hydroxyl groups excluding tert-OH is 3. The van der Waals surface area contributed by atoms with E-state index in [0.717, 1.165) is 24.0 Å². The summed E-state index contributed by atoms with van der Waals surface area (Å²) < 4.78 is 109. The molecule has 17 saturated heterocycles. The van der Waals surface area contributed by atoms with E-state index in [-0.39, 0.29) is 122 Å². The Morgan fingerprint density at radius 3 is 2.06 bits per heavy atom. The number of aliphatic hydroxyl groups is 4. The molecule has 0 aromatic rings. The summed E-state index contributed by atoms with van der Waals surface area (Å²) in [4.78, 5) is 14.6. The molecule has 0 aromatic heterocycles. The Morgan fingerprint density at radius 1 is 0.537 bits per heavy atom. The van der Waals surface area contributed by atoms with Gasteiger partial charge in [-0.3, -0.25) is 4.79 Å². The molecule has 17 aliphatic rings. The Labute approximate surface area is 478 Å². The Morgan fingerprint density at radius 2 is 1.22 bits per heavy atom. The van der Waals surface area contributed by atoms with Gasteiger partial charge in [0, 0.05) is 63.7 Å². The van der Waals surface area contributed by atoms with Crippen molar-refractivity contribution in [2.24, 2.45) is 23.7 Å². The van der Waals surface area contributed by atoms with Crippen molar-refractivity contribution in [3.8, 4) is 0 Å². The van der Waals surface area contributed by atoms with E-state index >= 15 is 0 Å². The summed E-state index contributed by atoms with van der Waals surface area (Å²) in [5.74, 6) is -5.68. The molecule has 0 aliphatic carbocycles. The number of fused-ring (bicyclic) bond motifs is 11. The van der Waals surface area contributed by atoms with Crippen molar-refractivity contribution in [2.45, 2.75) is 319 Å². The first kappa shape index (κ1) is 55.5. The summed E-state index contributed by atoms with van der Waals surface area (Å²) in [6.45, 7) is 17.4. The van der Waals surface area contributed by atoms with Gasteiger partial charge in [-0.2, -0.15) is 0 Å². The van der Waals surface area contributed by atoms with E-state index in [4.69, 9.17) is 75.8 Å². The van der Waals surface area contributed by atoms with Gasteiger partial charge in [0.1, 0.15) is 42.7 Å². The molecule has 17 heterocycles. The van der Waals surface area contributed by atoms with Gasteiger partial charge in [0.25, 0.3) is 0 Å². The molecular formula is C61H86O21. The van der Waals surface area contributed by atoms with Crippen LogP contribution in [0.2, 0.25) is 0 Å². The van der Waals surface area contributed by atoms with E-state index in [2.05, 4.69) is 40.9 Å². The lowest BCUT2D eigenvalue weighted by Crippen LogP contribution is -2.63. The molecule has 18 unspecified atom stereocenters. The number of hydrogen-bond acceptors (Lipinski definition) is 21. The third-order valence-corrected chi connectivity index (χ3v) is 22.9. The van der Waals surface area contributed by atoms with E-state index in [0.29, 0.717) is 83.5 Å². The molecule has 0 radical (unpaired) electrons. The van der Waals surface area contributed by atoms with Crippen LogP contribution in [0.3, 0.4) is 0 Å². The maximum Gasteiger partial charge on any atom is 0.308 e. The summed E-state index contributed by atoms with van der Waals surface area (Å²) in [5.41, 5.74) is 2.01. The number of carbonyl (C=O) groups excluding carboxylic acids is 1. The number of esters is 1. The van der Waals surface area contributed by atoms with Gasteiger partial charge in [-0.15, -0.1) is 0 Å². The molecule has 17 rings (SSSR count).